The van der Waals surface area contributed by atoms with Gasteiger partial charge in [-0.2, -0.15) is 0 Å². The molecular weight excluding hydrogens is 290 g/mol. The van der Waals surface area contributed by atoms with Gasteiger partial charge in [-0.15, -0.1) is 0 Å². The number of furan rings is 1. The second-order valence-electron chi connectivity index (χ2n) is 4.85. The van der Waals surface area contributed by atoms with Gasteiger partial charge in [0, 0.05) is 0 Å². The molecule has 1 aliphatic rings. The van der Waals surface area contributed by atoms with Crippen LogP contribution in [0, 0.1) is 0 Å². The van der Waals surface area contributed by atoms with Crippen molar-refractivity contribution in [1.29, 1.82) is 0 Å². The van der Waals surface area contributed by atoms with E-state index >= 15 is 0 Å². The molecule has 0 spiro atoms. The lowest BCUT2D eigenvalue weighted by Gasteiger charge is -2.18. The molecule has 3 rings (SSSR count). The second-order valence-corrected chi connectivity index (χ2v) is 5.64. The normalized spacial score (nSPS) is 16.3. The summed E-state index contributed by atoms with van der Waals surface area (Å²) in [5, 5.41) is 0. The van der Waals surface area contributed by atoms with Crippen molar-refractivity contribution in [1.82, 2.24) is 0 Å². The van der Waals surface area contributed by atoms with Gasteiger partial charge in [-0.05, 0) is 70.4 Å². The summed E-state index contributed by atoms with van der Waals surface area (Å²) < 4.78 is 6.26. The van der Waals surface area contributed by atoms with Gasteiger partial charge < -0.3 is 10.2 Å². The first-order valence-electron chi connectivity index (χ1n) is 6.36. The Morgan fingerprint density at radius 1 is 1.06 bits per heavy atom. The highest BCUT2D eigenvalue weighted by Gasteiger charge is 2.16. The summed E-state index contributed by atoms with van der Waals surface area (Å²) >= 11 is 3.31. The summed E-state index contributed by atoms with van der Waals surface area (Å²) in [6.45, 7) is 0. The second kappa shape index (κ2) is 4.90. The summed E-state index contributed by atoms with van der Waals surface area (Å²) in [7, 11) is 0. The van der Waals surface area contributed by atoms with E-state index in [1.807, 2.05) is 12.1 Å². The molecule has 1 aliphatic carbocycles. The Labute approximate surface area is 115 Å². The molecule has 1 aromatic heterocycles. The Kier molecular flexibility index (Phi) is 3.27. The molecule has 18 heavy (non-hydrogen) atoms. The van der Waals surface area contributed by atoms with Crippen LogP contribution in [-0.2, 0) is 12.8 Å². The topological polar surface area (TPSA) is 39.2 Å². The number of hydrogen-bond donors (Lipinski definition) is 1. The number of hydrogen-bond acceptors (Lipinski definition) is 2. The van der Waals surface area contributed by atoms with Crippen LogP contribution in [-0.4, -0.2) is 0 Å². The van der Waals surface area contributed by atoms with Gasteiger partial charge >= 0.3 is 0 Å². The monoisotopic (exact) mass is 305 g/mol. The largest absolute Gasteiger partial charge is 0.452 e. The number of benzene rings is 1. The van der Waals surface area contributed by atoms with Crippen LogP contribution in [0.5, 0.6) is 0 Å². The number of rotatable bonds is 2. The van der Waals surface area contributed by atoms with Gasteiger partial charge in [-0.3, -0.25) is 0 Å². The zero-order valence-corrected chi connectivity index (χ0v) is 11.7. The highest BCUT2D eigenvalue weighted by atomic mass is 79.9. The van der Waals surface area contributed by atoms with Gasteiger partial charge in [-0.1, -0.05) is 18.2 Å². The third kappa shape index (κ3) is 2.25. The molecule has 0 bridgehead atoms. The Morgan fingerprint density at radius 3 is 2.56 bits per heavy atom. The third-order valence-corrected chi connectivity index (χ3v) is 4.06. The van der Waals surface area contributed by atoms with Gasteiger partial charge in [0.2, 0.25) is 0 Å². The molecule has 0 fully saturated rings. The van der Waals surface area contributed by atoms with Gasteiger partial charge in [0.05, 0.1) is 6.04 Å². The van der Waals surface area contributed by atoms with Crippen LogP contribution in [0.3, 0.4) is 0 Å². The zero-order valence-electron chi connectivity index (χ0n) is 10.2. The molecule has 2 N–H and O–H groups in total. The van der Waals surface area contributed by atoms with E-state index < -0.39 is 0 Å². The molecule has 1 heterocycles. The molecule has 0 saturated carbocycles. The molecule has 2 aromatic rings. The first-order chi connectivity index (χ1) is 8.74. The lowest BCUT2D eigenvalue weighted by molar-refractivity contribution is 0.470. The molecule has 3 heteroatoms. The summed E-state index contributed by atoms with van der Waals surface area (Å²) in [4.78, 5) is 0. The maximum Gasteiger partial charge on any atom is 0.169 e. The van der Waals surface area contributed by atoms with Gasteiger partial charge in [0.15, 0.2) is 4.67 Å². The van der Waals surface area contributed by atoms with Crippen molar-refractivity contribution in [2.75, 3.05) is 0 Å². The molecule has 1 atom stereocenters. The van der Waals surface area contributed by atoms with Crippen molar-refractivity contribution in [3.8, 4) is 0 Å². The van der Waals surface area contributed by atoms with E-state index in [1.165, 1.54) is 36.8 Å². The zero-order chi connectivity index (χ0) is 12.5. The first-order valence-corrected chi connectivity index (χ1v) is 7.16. The molecule has 94 valence electrons. The van der Waals surface area contributed by atoms with E-state index in [2.05, 4.69) is 34.1 Å². The summed E-state index contributed by atoms with van der Waals surface area (Å²) in [5.41, 5.74) is 10.3. The van der Waals surface area contributed by atoms with Crippen molar-refractivity contribution < 1.29 is 4.42 Å². The minimum Gasteiger partial charge on any atom is -0.452 e. The average molecular weight is 306 g/mol. The summed E-state index contributed by atoms with van der Waals surface area (Å²) in [5.74, 6) is 0.803. The quantitative estimate of drug-likeness (QED) is 0.912. The van der Waals surface area contributed by atoms with Crippen LogP contribution < -0.4 is 5.73 Å². The smallest absolute Gasteiger partial charge is 0.169 e. The Hall–Kier alpha value is -1.06. The number of aryl methyl sites for hydroxylation is 2. The molecule has 2 nitrogen and oxygen atoms in total. The lowest BCUT2D eigenvalue weighted by atomic mass is 9.89. The Bertz CT molecular complexity index is 561. The van der Waals surface area contributed by atoms with Crippen molar-refractivity contribution in [2.45, 2.75) is 31.7 Å². The number of halogens is 1. The predicted octanol–water partition coefficient (Wildman–Crippen LogP) is 3.97. The first kappa shape index (κ1) is 12.0. The van der Waals surface area contributed by atoms with E-state index in [-0.39, 0.29) is 6.04 Å². The maximum absolute atomic E-state index is 6.25. The molecule has 0 aliphatic heterocycles. The van der Waals surface area contributed by atoms with Crippen molar-refractivity contribution in [3.63, 3.8) is 0 Å². The predicted molar refractivity (Wildman–Crippen MR) is 75.5 cm³/mol. The third-order valence-electron chi connectivity index (χ3n) is 3.63. The lowest BCUT2D eigenvalue weighted by Crippen LogP contribution is -2.12. The van der Waals surface area contributed by atoms with E-state index in [4.69, 9.17) is 10.2 Å². The van der Waals surface area contributed by atoms with Gasteiger partial charge in [0.1, 0.15) is 5.76 Å². The van der Waals surface area contributed by atoms with Crippen LogP contribution in [0.15, 0.2) is 39.4 Å². The molecule has 0 radical (unpaired) electrons. The average Bonchev–Trinajstić information content (AvgIpc) is 2.84. The SMILES string of the molecule is NC(c1ccc2c(c1)CCCC2)c1ccc(Br)o1. The van der Waals surface area contributed by atoms with E-state index in [0.717, 1.165) is 16.0 Å². The van der Waals surface area contributed by atoms with E-state index in [0.29, 0.717) is 0 Å². The molecule has 0 saturated heterocycles. The summed E-state index contributed by atoms with van der Waals surface area (Å²) in [6.07, 6.45) is 4.98. The van der Waals surface area contributed by atoms with Crippen molar-refractivity contribution in [3.05, 3.63) is 57.5 Å². The molecule has 0 amide bonds. The van der Waals surface area contributed by atoms with Gasteiger partial charge in [0.25, 0.3) is 0 Å². The summed E-state index contributed by atoms with van der Waals surface area (Å²) in [6, 6.07) is 10.2. The van der Waals surface area contributed by atoms with Crippen LogP contribution in [0.2, 0.25) is 0 Å². The molecule has 1 aromatic carbocycles. The molecular formula is C15H16BrNO. The minimum atomic E-state index is -0.177. The maximum atomic E-state index is 6.25. The van der Waals surface area contributed by atoms with E-state index in [9.17, 15) is 0 Å². The Balaban J connectivity index is 1.92. The minimum absolute atomic E-state index is 0.177. The fraction of sp³-hybridized carbons (Fsp3) is 0.333. The van der Waals surface area contributed by atoms with Crippen LogP contribution in [0.4, 0.5) is 0 Å². The van der Waals surface area contributed by atoms with Crippen molar-refractivity contribution in [2.24, 2.45) is 5.73 Å². The van der Waals surface area contributed by atoms with Gasteiger partial charge in [-0.25, -0.2) is 0 Å². The van der Waals surface area contributed by atoms with Crippen LogP contribution in [0.1, 0.15) is 41.3 Å². The number of fused-ring (bicyclic) bond motifs is 1. The molecule has 1 unspecified atom stereocenters. The van der Waals surface area contributed by atoms with Crippen molar-refractivity contribution >= 4 is 15.9 Å². The fourth-order valence-corrected chi connectivity index (χ4v) is 2.93. The standard InChI is InChI=1S/C15H16BrNO/c16-14-8-7-13(18-14)15(17)12-6-5-10-3-1-2-4-11(10)9-12/h5-9,15H,1-4,17H2. The highest BCUT2D eigenvalue weighted by Crippen LogP contribution is 2.28. The van der Waals surface area contributed by atoms with E-state index in [1.54, 1.807) is 0 Å². The highest BCUT2D eigenvalue weighted by molar-refractivity contribution is 9.10. The number of nitrogens with two attached hydrogens (primary N) is 1. The van der Waals surface area contributed by atoms with Crippen LogP contribution in [0.25, 0.3) is 0 Å². The fourth-order valence-electron chi connectivity index (χ4n) is 2.61. The Morgan fingerprint density at radius 2 is 1.83 bits per heavy atom. The van der Waals surface area contributed by atoms with Crippen LogP contribution >= 0.6 is 15.9 Å².